The molecule has 1 aromatic rings. The van der Waals surface area contributed by atoms with E-state index < -0.39 is 33.4 Å². The largest absolute Gasteiger partial charge is 0.480 e. The molecule has 0 radical (unpaired) electrons. The first-order chi connectivity index (χ1) is 12.0. The fraction of sp³-hybridized carbons (Fsp3) is 0.467. The molecule has 0 fully saturated rings. The van der Waals surface area contributed by atoms with Crippen molar-refractivity contribution >= 4 is 27.6 Å². The van der Waals surface area contributed by atoms with Crippen molar-refractivity contribution in [2.24, 2.45) is 5.92 Å². The standard InChI is InChI=1S/C15H21N3O7S/c1-11(2)9-17(10-15(20)21)14(19)7-8-16-26(24,25)13-5-3-12(4-6-13)18(22)23/h3-6,11,16H,7-10H2,1-2H3,(H,20,21). The fourth-order valence-electron chi connectivity index (χ4n) is 2.14. The third kappa shape index (κ3) is 6.76. The first-order valence-corrected chi connectivity index (χ1v) is 9.25. The van der Waals surface area contributed by atoms with Gasteiger partial charge in [0.1, 0.15) is 6.54 Å². The Balaban J connectivity index is 2.67. The maximum Gasteiger partial charge on any atom is 0.323 e. The Morgan fingerprint density at radius 2 is 1.85 bits per heavy atom. The monoisotopic (exact) mass is 387 g/mol. The Labute approximate surface area is 151 Å². The lowest BCUT2D eigenvalue weighted by Gasteiger charge is -2.22. The van der Waals surface area contributed by atoms with Gasteiger partial charge in [-0.15, -0.1) is 0 Å². The number of carboxylic acids is 1. The average Bonchev–Trinajstić information content (AvgIpc) is 2.53. The first kappa shape index (κ1) is 21.5. The highest BCUT2D eigenvalue weighted by atomic mass is 32.2. The third-order valence-electron chi connectivity index (χ3n) is 3.25. The number of rotatable bonds is 10. The van der Waals surface area contributed by atoms with Gasteiger partial charge in [0, 0.05) is 31.6 Å². The second-order valence-electron chi connectivity index (χ2n) is 5.96. The topological polar surface area (TPSA) is 147 Å². The molecule has 144 valence electrons. The molecule has 1 amide bonds. The Morgan fingerprint density at radius 1 is 1.27 bits per heavy atom. The molecular weight excluding hydrogens is 366 g/mol. The van der Waals surface area contributed by atoms with E-state index in [1.807, 2.05) is 13.8 Å². The number of aliphatic carboxylic acids is 1. The van der Waals surface area contributed by atoms with Crippen LogP contribution in [0, 0.1) is 16.0 Å². The summed E-state index contributed by atoms with van der Waals surface area (Å²) in [6.07, 6.45) is -0.202. The van der Waals surface area contributed by atoms with Crippen LogP contribution in [0.3, 0.4) is 0 Å². The van der Waals surface area contributed by atoms with Crippen LogP contribution in [0.5, 0.6) is 0 Å². The molecule has 0 aliphatic carbocycles. The summed E-state index contributed by atoms with van der Waals surface area (Å²) in [7, 11) is -3.93. The molecule has 1 rings (SSSR count). The summed E-state index contributed by atoms with van der Waals surface area (Å²) in [5.74, 6) is -1.56. The molecule has 0 aliphatic rings. The molecule has 10 nitrogen and oxygen atoms in total. The molecular formula is C15H21N3O7S. The van der Waals surface area contributed by atoms with Crippen LogP contribution in [0.4, 0.5) is 5.69 Å². The Bertz CT molecular complexity index is 760. The summed E-state index contributed by atoms with van der Waals surface area (Å²) in [6.45, 7) is 3.25. The van der Waals surface area contributed by atoms with Crippen LogP contribution in [0.2, 0.25) is 0 Å². The number of carbonyl (C=O) groups is 2. The molecule has 2 N–H and O–H groups in total. The summed E-state index contributed by atoms with van der Waals surface area (Å²) < 4.78 is 26.5. The third-order valence-corrected chi connectivity index (χ3v) is 4.73. The molecule has 0 aromatic heterocycles. The zero-order chi connectivity index (χ0) is 19.9. The minimum atomic E-state index is -3.93. The van der Waals surface area contributed by atoms with Gasteiger partial charge in [-0.3, -0.25) is 19.7 Å². The molecule has 0 unspecified atom stereocenters. The molecule has 26 heavy (non-hydrogen) atoms. The minimum Gasteiger partial charge on any atom is -0.480 e. The normalized spacial score (nSPS) is 11.3. The minimum absolute atomic E-state index is 0.0649. The molecule has 0 spiro atoms. The van der Waals surface area contributed by atoms with Crippen LogP contribution >= 0.6 is 0 Å². The van der Waals surface area contributed by atoms with Gasteiger partial charge < -0.3 is 10.0 Å². The second kappa shape index (κ2) is 9.25. The zero-order valence-corrected chi connectivity index (χ0v) is 15.2. The summed E-state index contributed by atoms with van der Waals surface area (Å²) >= 11 is 0. The number of hydrogen-bond donors (Lipinski definition) is 2. The van der Waals surface area contributed by atoms with Gasteiger partial charge in [0.15, 0.2) is 0 Å². The highest BCUT2D eigenvalue weighted by Crippen LogP contribution is 2.15. The van der Waals surface area contributed by atoms with E-state index in [-0.39, 0.29) is 36.0 Å². The smallest absolute Gasteiger partial charge is 0.323 e. The number of hydrogen-bond acceptors (Lipinski definition) is 6. The van der Waals surface area contributed by atoms with E-state index in [2.05, 4.69) is 4.72 Å². The molecule has 0 atom stereocenters. The predicted molar refractivity (Wildman–Crippen MR) is 92.0 cm³/mol. The summed E-state index contributed by atoms with van der Waals surface area (Å²) in [5.41, 5.74) is -0.239. The van der Waals surface area contributed by atoms with Gasteiger partial charge in [-0.2, -0.15) is 0 Å². The van der Waals surface area contributed by atoms with Crippen molar-refractivity contribution in [1.82, 2.24) is 9.62 Å². The van der Waals surface area contributed by atoms with E-state index in [0.29, 0.717) is 0 Å². The number of nitro groups is 1. The van der Waals surface area contributed by atoms with Crippen molar-refractivity contribution in [3.8, 4) is 0 Å². The van der Waals surface area contributed by atoms with E-state index in [0.717, 1.165) is 29.2 Å². The molecule has 0 aliphatic heterocycles. The van der Waals surface area contributed by atoms with Crippen molar-refractivity contribution in [2.45, 2.75) is 25.2 Å². The Morgan fingerprint density at radius 3 is 2.31 bits per heavy atom. The quantitative estimate of drug-likeness (QED) is 0.446. The SMILES string of the molecule is CC(C)CN(CC(=O)O)C(=O)CCNS(=O)(=O)c1ccc([N+](=O)[O-])cc1. The van der Waals surface area contributed by atoms with E-state index >= 15 is 0 Å². The van der Waals surface area contributed by atoms with E-state index in [4.69, 9.17) is 5.11 Å². The highest BCUT2D eigenvalue weighted by molar-refractivity contribution is 7.89. The van der Waals surface area contributed by atoms with E-state index in [1.165, 1.54) is 0 Å². The average molecular weight is 387 g/mol. The predicted octanol–water partition coefficient (Wildman–Crippen LogP) is 0.832. The number of nitro benzene ring substituents is 1. The number of amides is 1. The van der Waals surface area contributed by atoms with E-state index in [9.17, 15) is 28.1 Å². The fourth-order valence-corrected chi connectivity index (χ4v) is 3.17. The Kier molecular flexibility index (Phi) is 7.65. The van der Waals surface area contributed by atoms with Gasteiger partial charge in [0.05, 0.1) is 9.82 Å². The number of carboxylic acid groups (broad SMARTS) is 1. The summed E-state index contributed by atoms with van der Waals surface area (Å²) in [5, 5.41) is 19.4. The molecule has 0 heterocycles. The van der Waals surface area contributed by atoms with Crippen LogP contribution in [-0.2, 0) is 19.6 Å². The van der Waals surface area contributed by atoms with Crippen molar-refractivity contribution in [2.75, 3.05) is 19.6 Å². The molecule has 0 saturated carbocycles. The lowest BCUT2D eigenvalue weighted by atomic mass is 10.2. The Hall–Kier alpha value is -2.53. The second-order valence-corrected chi connectivity index (χ2v) is 7.73. The van der Waals surface area contributed by atoms with Gasteiger partial charge in [-0.1, -0.05) is 13.8 Å². The van der Waals surface area contributed by atoms with Gasteiger partial charge in [0.25, 0.3) is 5.69 Å². The lowest BCUT2D eigenvalue weighted by molar-refractivity contribution is -0.384. The first-order valence-electron chi connectivity index (χ1n) is 7.76. The molecule has 11 heteroatoms. The van der Waals surface area contributed by atoms with Crippen LogP contribution in [0.15, 0.2) is 29.2 Å². The summed E-state index contributed by atoms with van der Waals surface area (Å²) in [6, 6.07) is 4.32. The molecule has 0 bridgehead atoms. The van der Waals surface area contributed by atoms with E-state index in [1.54, 1.807) is 0 Å². The van der Waals surface area contributed by atoms with Crippen molar-refractivity contribution in [3.63, 3.8) is 0 Å². The van der Waals surface area contributed by atoms with Crippen molar-refractivity contribution in [1.29, 1.82) is 0 Å². The number of nitrogens with one attached hydrogen (secondary N) is 1. The molecule has 0 saturated heterocycles. The van der Waals surface area contributed by atoms with Gasteiger partial charge in [-0.25, -0.2) is 13.1 Å². The molecule has 1 aromatic carbocycles. The number of sulfonamides is 1. The number of benzene rings is 1. The lowest BCUT2D eigenvalue weighted by Crippen LogP contribution is -2.39. The van der Waals surface area contributed by atoms with Crippen LogP contribution < -0.4 is 4.72 Å². The highest BCUT2D eigenvalue weighted by Gasteiger charge is 2.20. The van der Waals surface area contributed by atoms with Gasteiger partial charge in [-0.05, 0) is 18.1 Å². The van der Waals surface area contributed by atoms with Crippen LogP contribution in [-0.4, -0.2) is 54.9 Å². The zero-order valence-electron chi connectivity index (χ0n) is 14.4. The number of non-ortho nitro benzene ring substituents is 1. The van der Waals surface area contributed by atoms with Crippen molar-refractivity contribution in [3.05, 3.63) is 34.4 Å². The van der Waals surface area contributed by atoms with Crippen LogP contribution in [0.25, 0.3) is 0 Å². The summed E-state index contributed by atoms with van der Waals surface area (Å²) in [4.78, 5) is 33.9. The number of carbonyl (C=O) groups excluding carboxylic acids is 1. The van der Waals surface area contributed by atoms with Crippen molar-refractivity contribution < 1.29 is 28.0 Å². The maximum atomic E-state index is 12.1. The number of nitrogens with zero attached hydrogens (tertiary/aromatic N) is 2. The maximum absolute atomic E-state index is 12.1. The van der Waals surface area contributed by atoms with Crippen LogP contribution in [0.1, 0.15) is 20.3 Å². The van der Waals surface area contributed by atoms with Gasteiger partial charge in [0.2, 0.25) is 15.9 Å². The van der Waals surface area contributed by atoms with Gasteiger partial charge >= 0.3 is 5.97 Å².